The van der Waals surface area contributed by atoms with E-state index < -0.39 is 11.9 Å². The molecule has 23 heavy (non-hydrogen) atoms. The highest BCUT2D eigenvalue weighted by atomic mass is 16.5. The molecule has 1 aromatic carbocycles. The molecule has 1 saturated carbocycles. The Morgan fingerprint density at radius 1 is 1.13 bits per heavy atom. The molecule has 1 saturated heterocycles. The minimum absolute atomic E-state index is 0.104. The monoisotopic (exact) mass is 317 g/mol. The van der Waals surface area contributed by atoms with Gasteiger partial charge in [-0.05, 0) is 56.7 Å². The van der Waals surface area contributed by atoms with Crippen LogP contribution >= 0.6 is 0 Å². The maximum atomic E-state index is 12.6. The minimum Gasteiger partial charge on any atom is -0.490 e. The molecule has 3 rings (SSSR count). The third-order valence-corrected chi connectivity index (χ3v) is 4.74. The summed E-state index contributed by atoms with van der Waals surface area (Å²) in [5, 5.41) is 9.15. The molecule has 1 unspecified atom stereocenters. The summed E-state index contributed by atoms with van der Waals surface area (Å²) in [6, 6.07) is 7.26. The van der Waals surface area contributed by atoms with Crippen molar-refractivity contribution in [3.05, 3.63) is 29.8 Å². The lowest BCUT2D eigenvalue weighted by atomic mass is 9.97. The number of carbonyl (C=O) groups is 2. The summed E-state index contributed by atoms with van der Waals surface area (Å²) in [5.41, 5.74) is 0.575. The number of hydrogen-bond acceptors (Lipinski definition) is 3. The van der Waals surface area contributed by atoms with Gasteiger partial charge in [-0.3, -0.25) is 9.59 Å². The maximum Gasteiger partial charge on any atom is 0.308 e. The Morgan fingerprint density at radius 2 is 1.91 bits per heavy atom. The third kappa shape index (κ3) is 3.84. The molecule has 0 bridgehead atoms. The van der Waals surface area contributed by atoms with Gasteiger partial charge in [0, 0.05) is 18.7 Å². The number of hydrogen-bond donors (Lipinski definition) is 1. The van der Waals surface area contributed by atoms with Crippen LogP contribution in [-0.4, -0.2) is 41.1 Å². The number of likely N-dealkylation sites (tertiary alicyclic amines) is 1. The molecular weight excluding hydrogens is 294 g/mol. The van der Waals surface area contributed by atoms with Crippen LogP contribution in [0.15, 0.2) is 24.3 Å². The van der Waals surface area contributed by atoms with E-state index in [2.05, 4.69) is 0 Å². The van der Waals surface area contributed by atoms with Gasteiger partial charge in [-0.2, -0.15) is 0 Å². The number of benzene rings is 1. The van der Waals surface area contributed by atoms with Crippen molar-refractivity contribution in [1.29, 1.82) is 0 Å². The second kappa shape index (κ2) is 7.02. The highest BCUT2D eigenvalue weighted by molar-refractivity contribution is 5.95. The van der Waals surface area contributed by atoms with Crippen molar-refractivity contribution in [3.63, 3.8) is 0 Å². The van der Waals surface area contributed by atoms with Crippen molar-refractivity contribution in [2.24, 2.45) is 5.92 Å². The zero-order chi connectivity index (χ0) is 16.2. The van der Waals surface area contributed by atoms with Crippen LogP contribution in [0.3, 0.4) is 0 Å². The molecule has 0 spiro atoms. The molecule has 124 valence electrons. The molecule has 1 aliphatic carbocycles. The van der Waals surface area contributed by atoms with E-state index >= 15 is 0 Å². The number of aliphatic carboxylic acids is 1. The summed E-state index contributed by atoms with van der Waals surface area (Å²) < 4.78 is 5.95. The Kier molecular flexibility index (Phi) is 4.84. The summed E-state index contributed by atoms with van der Waals surface area (Å²) in [6.45, 7) is 0.915. The van der Waals surface area contributed by atoms with Gasteiger partial charge in [-0.1, -0.05) is 6.07 Å². The van der Waals surface area contributed by atoms with Crippen LogP contribution in [0.2, 0.25) is 0 Å². The van der Waals surface area contributed by atoms with Gasteiger partial charge in [-0.25, -0.2) is 0 Å². The summed E-state index contributed by atoms with van der Waals surface area (Å²) in [7, 11) is 0. The van der Waals surface area contributed by atoms with E-state index in [9.17, 15) is 9.59 Å². The molecule has 0 radical (unpaired) electrons. The van der Waals surface area contributed by atoms with Gasteiger partial charge >= 0.3 is 5.97 Å². The van der Waals surface area contributed by atoms with Crippen LogP contribution in [0, 0.1) is 5.92 Å². The van der Waals surface area contributed by atoms with Crippen molar-refractivity contribution in [2.75, 3.05) is 13.1 Å². The fourth-order valence-corrected chi connectivity index (χ4v) is 3.45. The standard InChI is InChI=1S/C18H23NO4/c20-17(19-10-4-6-14(12-19)18(21)22)13-5-3-9-16(11-13)23-15-7-1-2-8-15/h3,5,9,11,14-15H,1-2,4,6-8,10,12H2,(H,21,22). The summed E-state index contributed by atoms with van der Waals surface area (Å²) >= 11 is 0. The van der Waals surface area contributed by atoms with Crippen molar-refractivity contribution in [2.45, 2.75) is 44.6 Å². The molecule has 1 N–H and O–H groups in total. The predicted molar refractivity (Wildman–Crippen MR) is 85.6 cm³/mol. The number of ether oxygens (including phenoxy) is 1. The normalized spacial score (nSPS) is 22.1. The number of piperidine rings is 1. The van der Waals surface area contributed by atoms with Gasteiger partial charge in [-0.15, -0.1) is 0 Å². The fourth-order valence-electron chi connectivity index (χ4n) is 3.45. The number of carboxylic acid groups (broad SMARTS) is 1. The first-order valence-corrected chi connectivity index (χ1v) is 8.42. The van der Waals surface area contributed by atoms with Crippen LogP contribution < -0.4 is 4.74 Å². The van der Waals surface area contributed by atoms with Crippen LogP contribution in [0.1, 0.15) is 48.9 Å². The molecule has 1 atom stereocenters. The Hall–Kier alpha value is -2.04. The highest BCUT2D eigenvalue weighted by Gasteiger charge is 2.28. The minimum atomic E-state index is -0.819. The molecule has 5 nitrogen and oxygen atoms in total. The predicted octanol–water partition coefficient (Wildman–Crippen LogP) is 2.94. The highest BCUT2D eigenvalue weighted by Crippen LogP contribution is 2.25. The average molecular weight is 317 g/mol. The van der Waals surface area contributed by atoms with E-state index in [1.165, 1.54) is 12.8 Å². The second-order valence-electron chi connectivity index (χ2n) is 6.48. The molecule has 2 aliphatic rings. The van der Waals surface area contributed by atoms with E-state index in [1.807, 2.05) is 12.1 Å². The summed E-state index contributed by atoms with van der Waals surface area (Å²) in [5.74, 6) is -0.645. The van der Waals surface area contributed by atoms with Crippen LogP contribution in [0.25, 0.3) is 0 Å². The summed E-state index contributed by atoms with van der Waals surface area (Å²) in [6.07, 6.45) is 6.19. The average Bonchev–Trinajstić information content (AvgIpc) is 3.07. The summed E-state index contributed by atoms with van der Waals surface area (Å²) in [4.78, 5) is 25.4. The number of amides is 1. The number of carboxylic acids is 1. The first-order chi connectivity index (χ1) is 11.1. The lowest BCUT2D eigenvalue weighted by Crippen LogP contribution is -2.42. The van der Waals surface area contributed by atoms with E-state index in [0.717, 1.165) is 25.0 Å². The van der Waals surface area contributed by atoms with Crippen LogP contribution in [0.4, 0.5) is 0 Å². The molecule has 1 amide bonds. The van der Waals surface area contributed by atoms with Gasteiger partial charge in [0.25, 0.3) is 5.91 Å². The second-order valence-corrected chi connectivity index (χ2v) is 6.48. The SMILES string of the molecule is O=C(O)C1CCCN(C(=O)c2cccc(OC3CCCC3)c2)C1. The fraction of sp³-hybridized carbons (Fsp3) is 0.556. The molecule has 1 aliphatic heterocycles. The number of carbonyl (C=O) groups excluding carboxylic acids is 1. The van der Waals surface area contributed by atoms with E-state index in [4.69, 9.17) is 9.84 Å². The zero-order valence-corrected chi connectivity index (χ0v) is 13.2. The molecular formula is C18H23NO4. The molecule has 5 heteroatoms. The number of nitrogens with zero attached hydrogens (tertiary/aromatic N) is 1. The lowest BCUT2D eigenvalue weighted by molar-refractivity contribution is -0.143. The maximum absolute atomic E-state index is 12.6. The molecule has 1 heterocycles. The van der Waals surface area contributed by atoms with Gasteiger partial charge in [0.1, 0.15) is 5.75 Å². The topological polar surface area (TPSA) is 66.8 Å². The van der Waals surface area contributed by atoms with Crippen molar-refractivity contribution in [1.82, 2.24) is 4.90 Å². The number of rotatable bonds is 4. The van der Waals surface area contributed by atoms with Crippen LogP contribution in [0.5, 0.6) is 5.75 Å². The van der Waals surface area contributed by atoms with Gasteiger partial charge in [0.15, 0.2) is 0 Å². The Morgan fingerprint density at radius 3 is 2.65 bits per heavy atom. The molecule has 2 fully saturated rings. The van der Waals surface area contributed by atoms with E-state index in [-0.39, 0.29) is 12.0 Å². The van der Waals surface area contributed by atoms with Crippen molar-refractivity contribution >= 4 is 11.9 Å². The first-order valence-electron chi connectivity index (χ1n) is 8.42. The lowest BCUT2D eigenvalue weighted by Gasteiger charge is -2.30. The van der Waals surface area contributed by atoms with E-state index in [0.29, 0.717) is 25.1 Å². The van der Waals surface area contributed by atoms with Crippen LogP contribution in [-0.2, 0) is 4.79 Å². The zero-order valence-electron chi connectivity index (χ0n) is 13.2. The molecule has 1 aromatic rings. The Bertz CT molecular complexity index is 580. The van der Waals surface area contributed by atoms with Gasteiger partial charge in [0.05, 0.1) is 12.0 Å². The van der Waals surface area contributed by atoms with E-state index in [1.54, 1.807) is 17.0 Å². The first kappa shape index (κ1) is 15.8. The van der Waals surface area contributed by atoms with Crippen molar-refractivity contribution < 1.29 is 19.4 Å². The Labute approximate surface area is 136 Å². The van der Waals surface area contributed by atoms with Gasteiger partial charge in [0.2, 0.25) is 0 Å². The quantitative estimate of drug-likeness (QED) is 0.927. The largest absolute Gasteiger partial charge is 0.490 e. The third-order valence-electron chi connectivity index (χ3n) is 4.74. The van der Waals surface area contributed by atoms with Gasteiger partial charge < -0.3 is 14.7 Å². The molecule has 0 aromatic heterocycles. The van der Waals surface area contributed by atoms with Crippen molar-refractivity contribution in [3.8, 4) is 5.75 Å². The Balaban J connectivity index is 1.67. The smallest absolute Gasteiger partial charge is 0.308 e.